The molecular formula is C18H31NO2. The van der Waals surface area contributed by atoms with E-state index in [2.05, 4.69) is 6.92 Å². The highest BCUT2D eigenvalue weighted by Crippen LogP contribution is 2.57. The summed E-state index contributed by atoms with van der Waals surface area (Å²) in [5, 5.41) is 0. The van der Waals surface area contributed by atoms with Crippen molar-refractivity contribution in [2.24, 2.45) is 23.2 Å². The minimum atomic E-state index is -0.278. The zero-order chi connectivity index (χ0) is 15.3. The molecule has 0 aliphatic heterocycles. The van der Waals surface area contributed by atoms with E-state index in [9.17, 15) is 4.79 Å². The minimum Gasteiger partial charge on any atom is -0.355 e. The summed E-state index contributed by atoms with van der Waals surface area (Å²) in [6, 6.07) is 0. The fraction of sp³-hybridized carbons (Fsp3) is 0.944. The molecule has 0 aromatic rings. The number of carbonyl (C=O) groups is 1. The lowest BCUT2D eigenvalue weighted by Crippen LogP contribution is -2.53. The summed E-state index contributed by atoms with van der Waals surface area (Å²) in [6.45, 7) is 6.59. The van der Waals surface area contributed by atoms with Crippen LogP contribution in [0.1, 0.15) is 65.7 Å². The van der Waals surface area contributed by atoms with Crippen LogP contribution in [-0.4, -0.2) is 30.2 Å². The normalized spacial score (nSPS) is 37.8. The van der Waals surface area contributed by atoms with E-state index in [1.807, 2.05) is 20.9 Å². The number of ether oxygens (including phenoxy) is 1. The minimum absolute atomic E-state index is 0.0969. The lowest BCUT2D eigenvalue weighted by Gasteiger charge is -2.56. The molecule has 4 bridgehead atoms. The Balaban J connectivity index is 1.59. The van der Waals surface area contributed by atoms with Crippen LogP contribution < -0.4 is 0 Å². The van der Waals surface area contributed by atoms with Gasteiger partial charge in [0.05, 0.1) is 5.60 Å². The van der Waals surface area contributed by atoms with E-state index in [1.165, 1.54) is 38.5 Å². The van der Waals surface area contributed by atoms with E-state index in [1.54, 1.807) is 4.90 Å². The van der Waals surface area contributed by atoms with Gasteiger partial charge >= 0.3 is 0 Å². The van der Waals surface area contributed by atoms with Crippen LogP contribution in [0.3, 0.4) is 0 Å². The summed E-state index contributed by atoms with van der Waals surface area (Å²) < 4.78 is 6.37. The van der Waals surface area contributed by atoms with Crippen molar-refractivity contribution in [2.75, 3.05) is 13.8 Å². The van der Waals surface area contributed by atoms with Crippen LogP contribution in [0.2, 0.25) is 0 Å². The highest BCUT2D eigenvalue weighted by atomic mass is 16.5. The summed E-state index contributed by atoms with van der Waals surface area (Å²) in [5.74, 6) is 2.88. The van der Waals surface area contributed by atoms with Gasteiger partial charge in [-0.05, 0) is 62.7 Å². The number of nitrogens with zero attached hydrogens (tertiary/aromatic N) is 1. The molecule has 0 saturated heterocycles. The molecule has 0 radical (unpaired) electrons. The molecule has 4 rings (SSSR count). The number of hydrogen-bond donors (Lipinski definition) is 0. The molecule has 0 spiro atoms. The van der Waals surface area contributed by atoms with Gasteiger partial charge in [0.15, 0.2) is 0 Å². The van der Waals surface area contributed by atoms with Gasteiger partial charge in [0, 0.05) is 12.5 Å². The monoisotopic (exact) mass is 293 g/mol. The maximum absolute atomic E-state index is 12.5. The first kappa shape index (κ1) is 15.3. The van der Waals surface area contributed by atoms with Crippen molar-refractivity contribution in [1.82, 2.24) is 4.90 Å². The molecule has 3 nitrogen and oxygen atoms in total. The largest absolute Gasteiger partial charge is 0.355 e. The fourth-order valence-electron chi connectivity index (χ4n) is 5.17. The molecule has 0 heterocycles. The average molecular weight is 293 g/mol. The van der Waals surface area contributed by atoms with Crippen molar-refractivity contribution in [1.29, 1.82) is 0 Å². The van der Waals surface area contributed by atoms with Crippen LogP contribution in [0, 0.1) is 23.2 Å². The quantitative estimate of drug-likeness (QED) is 0.721. The zero-order valence-electron chi connectivity index (χ0n) is 14.2. The van der Waals surface area contributed by atoms with Crippen LogP contribution in [0.5, 0.6) is 0 Å². The predicted octanol–water partition coefficient (Wildman–Crippen LogP) is 3.82. The van der Waals surface area contributed by atoms with E-state index in [4.69, 9.17) is 4.74 Å². The van der Waals surface area contributed by atoms with Gasteiger partial charge in [0.2, 0.25) is 5.91 Å². The summed E-state index contributed by atoms with van der Waals surface area (Å²) in [5.41, 5.74) is -0.181. The van der Waals surface area contributed by atoms with Crippen LogP contribution in [0.25, 0.3) is 0 Å². The highest BCUT2D eigenvalue weighted by molar-refractivity contribution is 5.81. The molecule has 4 aliphatic rings. The Labute approximate surface area is 129 Å². The van der Waals surface area contributed by atoms with Gasteiger partial charge < -0.3 is 9.64 Å². The van der Waals surface area contributed by atoms with Gasteiger partial charge in [0.1, 0.15) is 6.73 Å². The van der Waals surface area contributed by atoms with Crippen molar-refractivity contribution in [3.05, 3.63) is 0 Å². The summed E-state index contributed by atoms with van der Waals surface area (Å²) >= 11 is 0. The number of hydrogen-bond acceptors (Lipinski definition) is 2. The lowest BCUT2D eigenvalue weighted by atomic mass is 9.54. The van der Waals surface area contributed by atoms with E-state index in [0.717, 1.165) is 24.2 Å². The second kappa shape index (κ2) is 5.26. The summed E-state index contributed by atoms with van der Waals surface area (Å²) in [7, 11) is 1.89. The van der Waals surface area contributed by atoms with E-state index in [0.29, 0.717) is 6.73 Å². The van der Waals surface area contributed by atoms with Gasteiger partial charge in [0.25, 0.3) is 0 Å². The molecule has 1 amide bonds. The predicted molar refractivity (Wildman–Crippen MR) is 83.7 cm³/mol. The molecule has 4 aliphatic carbocycles. The second-order valence-electron chi connectivity index (χ2n) is 8.61. The molecule has 4 saturated carbocycles. The Morgan fingerprint density at radius 2 is 1.62 bits per heavy atom. The maximum atomic E-state index is 12.5. The van der Waals surface area contributed by atoms with Gasteiger partial charge in [-0.25, -0.2) is 0 Å². The fourth-order valence-corrected chi connectivity index (χ4v) is 5.17. The van der Waals surface area contributed by atoms with Crippen molar-refractivity contribution >= 4 is 5.91 Å². The Hall–Kier alpha value is -0.570. The maximum Gasteiger partial charge on any atom is 0.229 e. The van der Waals surface area contributed by atoms with Crippen molar-refractivity contribution in [2.45, 2.75) is 71.3 Å². The molecule has 4 fully saturated rings. The Bertz CT molecular complexity index is 380. The smallest absolute Gasteiger partial charge is 0.229 e. The number of amides is 1. The third kappa shape index (κ3) is 2.86. The first-order chi connectivity index (χ1) is 9.83. The van der Waals surface area contributed by atoms with Crippen LogP contribution in [0.15, 0.2) is 0 Å². The first-order valence-electron chi connectivity index (χ1n) is 8.73. The molecule has 120 valence electrons. The molecule has 0 unspecified atom stereocenters. The molecular weight excluding hydrogens is 262 g/mol. The SMILES string of the molecule is CCC(C)(C)C(=O)N(C)COC12CC3CC(CC(C3)C1)C2. The Kier molecular flexibility index (Phi) is 3.84. The summed E-state index contributed by atoms with van der Waals surface area (Å²) in [4.78, 5) is 14.3. The Morgan fingerprint density at radius 1 is 1.14 bits per heavy atom. The second-order valence-corrected chi connectivity index (χ2v) is 8.61. The highest BCUT2D eigenvalue weighted by Gasteiger charge is 2.51. The van der Waals surface area contributed by atoms with Gasteiger partial charge in [-0.2, -0.15) is 0 Å². The van der Waals surface area contributed by atoms with Crippen molar-refractivity contribution in [3.8, 4) is 0 Å². The van der Waals surface area contributed by atoms with E-state index in [-0.39, 0.29) is 16.9 Å². The van der Waals surface area contributed by atoms with Crippen molar-refractivity contribution < 1.29 is 9.53 Å². The standard InChI is InChI=1S/C18H31NO2/c1-5-17(2,3)16(20)19(4)12-21-18-9-13-6-14(10-18)8-15(7-13)11-18/h13-15H,5-12H2,1-4H3. The van der Waals surface area contributed by atoms with Crippen molar-refractivity contribution in [3.63, 3.8) is 0 Å². The van der Waals surface area contributed by atoms with Crippen LogP contribution >= 0.6 is 0 Å². The van der Waals surface area contributed by atoms with Gasteiger partial charge in [-0.15, -0.1) is 0 Å². The molecule has 21 heavy (non-hydrogen) atoms. The van der Waals surface area contributed by atoms with Gasteiger partial charge in [-0.3, -0.25) is 4.79 Å². The number of carbonyl (C=O) groups excluding carboxylic acids is 1. The topological polar surface area (TPSA) is 29.5 Å². The molecule has 3 heteroatoms. The summed E-state index contributed by atoms with van der Waals surface area (Å²) in [6.07, 6.45) is 8.86. The zero-order valence-corrected chi connectivity index (χ0v) is 14.2. The number of rotatable bonds is 5. The molecule has 0 N–H and O–H groups in total. The molecule has 0 aromatic heterocycles. The van der Waals surface area contributed by atoms with Gasteiger partial charge in [-0.1, -0.05) is 20.8 Å². The third-order valence-electron chi connectivity index (χ3n) is 6.36. The molecule has 0 aromatic carbocycles. The third-order valence-corrected chi connectivity index (χ3v) is 6.36. The van der Waals surface area contributed by atoms with Crippen LogP contribution in [0.4, 0.5) is 0 Å². The Morgan fingerprint density at radius 3 is 2.05 bits per heavy atom. The lowest BCUT2D eigenvalue weighted by molar-refractivity contribution is -0.187. The first-order valence-corrected chi connectivity index (χ1v) is 8.73. The van der Waals surface area contributed by atoms with E-state index < -0.39 is 0 Å². The van der Waals surface area contributed by atoms with E-state index >= 15 is 0 Å². The average Bonchev–Trinajstić information content (AvgIpc) is 2.42. The van der Waals surface area contributed by atoms with Crippen LogP contribution in [-0.2, 0) is 9.53 Å². The molecule has 0 atom stereocenters.